The summed E-state index contributed by atoms with van der Waals surface area (Å²) in [4.78, 5) is 4.30. The second-order valence-electron chi connectivity index (χ2n) is 5.32. The summed E-state index contributed by atoms with van der Waals surface area (Å²) < 4.78 is 34.7. The number of benzene rings is 2. The number of hydrogen-bond acceptors (Lipinski definition) is 2. The molecule has 0 unspecified atom stereocenters. The second kappa shape index (κ2) is 7.09. The van der Waals surface area contributed by atoms with Crippen LogP contribution in [0.15, 0.2) is 59.1 Å². The van der Waals surface area contributed by atoms with Gasteiger partial charge in [0.25, 0.3) is 0 Å². The van der Waals surface area contributed by atoms with Crippen LogP contribution in [0.1, 0.15) is 11.3 Å². The Kier molecular flexibility index (Phi) is 4.90. The minimum absolute atomic E-state index is 0.145. The first-order valence-electron chi connectivity index (χ1n) is 7.34. The number of hydrogen-bond donors (Lipinski definition) is 0. The Morgan fingerprint density at radius 1 is 1.00 bits per heavy atom. The zero-order valence-electron chi connectivity index (χ0n) is 12.9. The maximum Gasteiger partial charge on any atom is 0.222 e. The van der Waals surface area contributed by atoms with Gasteiger partial charge in [0.1, 0.15) is 18.2 Å². The molecule has 0 fully saturated rings. The van der Waals surface area contributed by atoms with Crippen molar-refractivity contribution in [2.24, 2.45) is 0 Å². The van der Waals surface area contributed by atoms with Gasteiger partial charge < -0.3 is 4.74 Å². The summed E-state index contributed by atoms with van der Waals surface area (Å²) in [6.07, 6.45) is 0. The SMILES string of the molecule is Cc1ccc(-c2c(F)cc(Br)cc2F)c(OCc2ccccc2)n1. The standard InChI is InChI=1S/C19H14BrF2NO/c1-12-7-8-15(18-16(21)9-14(20)10-17(18)22)19(23-12)24-11-13-5-3-2-4-6-13/h2-10H,11H2,1H3. The van der Waals surface area contributed by atoms with E-state index >= 15 is 0 Å². The highest BCUT2D eigenvalue weighted by Crippen LogP contribution is 2.34. The van der Waals surface area contributed by atoms with Crippen molar-refractivity contribution in [2.75, 3.05) is 0 Å². The minimum Gasteiger partial charge on any atom is -0.472 e. The monoisotopic (exact) mass is 389 g/mol. The lowest BCUT2D eigenvalue weighted by molar-refractivity contribution is 0.294. The van der Waals surface area contributed by atoms with E-state index in [9.17, 15) is 8.78 Å². The molecule has 0 bridgehead atoms. The Hall–Kier alpha value is -2.27. The summed E-state index contributed by atoms with van der Waals surface area (Å²) in [5, 5.41) is 0. The Morgan fingerprint density at radius 3 is 2.33 bits per heavy atom. The predicted octanol–water partition coefficient (Wildman–Crippen LogP) is 5.68. The van der Waals surface area contributed by atoms with Crippen LogP contribution >= 0.6 is 15.9 Å². The third-order valence-corrected chi connectivity index (χ3v) is 3.95. The fraction of sp³-hybridized carbons (Fsp3) is 0.105. The first-order chi connectivity index (χ1) is 11.5. The molecule has 1 heterocycles. The van der Waals surface area contributed by atoms with E-state index in [0.29, 0.717) is 15.7 Å². The molecule has 122 valence electrons. The van der Waals surface area contributed by atoms with Crippen molar-refractivity contribution in [3.63, 3.8) is 0 Å². The maximum absolute atomic E-state index is 14.3. The molecule has 0 aliphatic rings. The maximum atomic E-state index is 14.3. The zero-order chi connectivity index (χ0) is 17.1. The molecule has 0 amide bonds. The highest BCUT2D eigenvalue weighted by molar-refractivity contribution is 9.10. The van der Waals surface area contributed by atoms with Crippen LogP contribution in [-0.4, -0.2) is 4.98 Å². The van der Waals surface area contributed by atoms with E-state index in [2.05, 4.69) is 20.9 Å². The lowest BCUT2D eigenvalue weighted by Crippen LogP contribution is -2.02. The van der Waals surface area contributed by atoms with E-state index < -0.39 is 11.6 Å². The van der Waals surface area contributed by atoms with Gasteiger partial charge in [0, 0.05) is 15.7 Å². The van der Waals surface area contributed by atoms with Crippen LogP contribution in [0.5, 0.6) is 5.88 Å². The first kappa shape index (κ1) is 16.6. The van der Waals surface area contributed by atoms with Gasteiger partial charge in [0.2, 0.25) is 5.88 Å². The molecule has 3 rings (SSSR count). The van der Waals surface area contributed by atoms with Crippen LogP contribution in [0.3, 0.4) is 0 Å². The largest absolute Gasteiger partial charge is 0.472 e. The molecule has 0 spiro atoms. The Balaban J connectivity index is 2.00. The lowest BCUT2D eigenvalue weighted by Gasteiger charge is -2.13. The average Bonchev–Trinajstić information content (AvgIpc) is 2.54. The summed E-state index contributed by atoms with van der Waals surface area (Å²) >= 11 is 3.08. The van der Waals surface area contributed by atoms with Crippen molar-refractivity contribution in [2.45, 2.75) is 13.5 Å². The third kappa shape index (κ3) is 3.62. The van der Waals surface area contributed by atoms with E-state index in [1.54, 1.807) is 19.1 Å². The fourth-order valence-electron chi connectivity index (χ4n) is 2.36. The number of nitrogens with zero attached hydrogens (tertiary/aromatic N) is 1. The fourth-order valence-corrected chi connectivity index (χ4v) is 2.76. The van der Waals surface area contributed by atoms with Crippen LogP contribution in [0.25, 0.3) is 11.1 Å². The lowest BCUT2D eigenvalue weighted by atomic mass is 10.1. The summed E-state index contributed by atoms with van der Waals surface area (Å²) in [6.45, 7) is 2.07. The minimum atomic E-state index is -0.669. The summed E-state index contributed by atoms with van der Waals surface area (Å²) in [7, 11) is 0. The first-order valence-corrected chi connectivity index (χ1v) is 8.13. The van der Waals surface area contributed by atoms with Gasteiger partial charge in [-0.25, -0.2) is 13.8 Å². The molecule has 1 aromatic heterocycles. The van der Waals surface area contributed by atoms with Crippen molar-refractivity contribution < 1.29 is 13.5 Å². The number of halogens is 3. The Morgan fingerprint density at radius 2 is 1.67 bits per heavy atom. The number of ether oxygens (including phenoxy) is 1. The van der Waals surface area contributed by atoms with Crippen LogP contribution in [0.4, 0.5) is 8.78 Å². The molecular formula is C19H14BrF2NO. The summed E-state index contributed by atoms with van der Waals surface area (Å²) in [5.41, 5.74) is 1.80. The van der Waals surface area contributed by atoms with E-state index in [1.807, 2.05) is 30.3 Å². The van der Waals surface area contributed by atoms with Crippen LogP contribution < -0.4 is 4.74 Å². The summed E-state index contributed by atoms with van der Waals surface area (Å²) in [6, 6.07) is 15.3. The molecule has 24 heavy (non-hydrogen) atoms. The average molecular weight is 390 g/mol. The highest BCUT2D eigenvalue weighted by atomic mass is 79.9. The molecular weight excluding hydrogens is 376 g/mol. The molecule has 3 aromatic rings. The van der Waals surface area contributed by atoms with Crippen LogP contribution in [0.2, 0.25) is 0 Å². The molecule has 0 saturated carbocycles. The Labute approximate surface area is 147 Å². The molecule has 0 atom stereocenters. The zero-order valence-corrected chi connectivity index (χ0v) is 14.5. The molecule has 2 aromatic carbocycles. The van der Waals surface area contributed by atoms with Crippen molar-refractivity contribution in [1.29, 1.82) is 0 Å². The van der Waals surface area contributed by atoms with Gasteiger partial charge in [-0.15, -0.1) is 0 Å². The highest BCUT2D eigenvalue weighted by Gasteiger charge is 2.18. The van der Waals surface area contributed by atoms with E-state index in [0.717, 1.165) is 5.56 Å². The molecule has 0 N–H and O–H groups in total. The normalized spacial score (nSPS) is 10.7. The molecule has 0 saturated heterocycles. The number of pyridine rings is 1. The number of rotatable bonds is 4. The number of aromatic nitrogens is 1. The van der Waals surface area contributed by atoms with Crippen LogP contribution in [-0.2, 0) is 6.61 Å². The van der Waals surface area contributed by atoms with Gasteiger partial charge in [-0.1, -0.05) is 46.3 Å². The predicted molar refractivity (Wildman–Crippen MR) is 92.8 cm³/mol. The van der Waals surface area contributed by atoms with Gasteiger partial charge in [-0.05, 0) is 36.8 Å². The third-order valence-electron chi connectivity index (χ3n) is 3.49. The smallest absolute Gasteiger partial charge is 0.222 e. The van der Waals surface area contributed by atoms with Gasteiger partial charge >= 0.3 is 0 Å². The quantitative estimate of drug-likeness (QED) is 0.572. The molecule has 5 heteroatoms. The van der Waals surface area contributed by atoms with Gasteiger partial charge in [-0.3, -0.25) is 0 Å². The van der Waals surface area contributed by atoms with E-state index in [1.165, 1.54) is 12.1 Å². The van der Waals surface area contributed by atoms with E-state index in [-0.39, 0.29) is 18.1 Å². The van der Waals surface area contributed by atoms with Crippen molar-refractivity contribution in [1.82, 2.24) is 4.98 Å². The molecule has 0 aliphatic heterocycles. The topological polar surface area (TPSA) is 22.1 Å². The van der Waals surface area contributed by atoms with E-state index in [4.69, 9.17) is 4.74 Å². The van der Waals surface area contributed by atoms with Crippen molar-refractivity contribution >= 4 is 15.9 Å². The Bertz CT molecular complexity index is 845. The van der Waals surface area contributed by atoms with Gasteiger partial charge in [0.15, 0.2) is 0 Å². The molecule has 0 aliphatic carbocycles. The molecule has 0 radical (unpaired) electrons. The van der Waals surface area contributed by atoms with Crippen molar-refractivity contribution in [3.05, 3.63) is 82.0 Å². The molecule has 2 nitrogen and oxygen atoms in total. The number of aryl methyl sites for hydroxylation is 1. The van der Waals surface area contributed by atoms with Crippen molar-refractivity contribution in [3.8, 4) is 17.0 Å². The summed E-state index contributed by atoms with van der Waals surface area (Å²) in [5.74, 6) is -1.13. The van der Waals surface area contributed by atoms with Gasteiger partial charge in [0.05, 0.1) is 5.56 Å². The van der Waals surface area contributed by atoms with Gasteiger partial charge in [-0.2, -0.15) is 0 Å². The van der Waals surface area contributed by atoms with Crippen LogP contribution in [0, 0.1) is 18.6 Å². The second-order valence-corrected chi connectivity index (χ2v) is 6.24.